The molecule has 11 nitrogen and oxygen atoms in total. The van der Waals surface area contributed by atoms with Crippen molar-refractivity contribution in [2.45, 2.75) is 19.3 Å². The Morgan fingerprint density at radius 2 is 1.94 bits per heavy atom. The molecular weight excluding hydrogens is 500 g/mol. The molecule has 0 saturated carbocycles. The molecule has 6 N–H and O–H groups in total. The lowest BCUT2D eigenvalue weighted by Gasteiger charge is -2.14. The Balaban J connectivity index is 1.54. The Morgan fingerprint density at radius 3 is 2.69 bits per heavy atom. The summed E-state index contributed by atoms with van der Waals surface area (Å²) in [6.07, 6.45) is 4.42. The highest BCUT2D eigenvalue weighted by Crippen LogP contribution is 2.23. The summed E-state index contributed by atoms with van der Waals surface area (Å²) in [6.45, 7) is 3.03. The third-order valence-corrected chi connectivity index (χ3v) is 5.85. The van der Waals surface area contributed by atoms with E-state index in [2.05, 4.69) is 51.5 Å². The van der Waals surface area contributed by atoms with Gasteiger partial charge in [0.1, 0.15) is 5.82 Å². The number of amides is 1. The minimum Gasteiger partial charge on any atom is -0.369 e. The number of carbonyl (C=O) groups excluding carboxylic acids is 1. The van der Waals surface area contributed by atoms with Crippen molar-refractivity contribution in [3.05, 3.63) is 34.9 Å². The van der Waals surface area contributed by atoms with Crippen LogP contribution in [0.25, 0.3) is 0 Å². The maximum absolute atomic E-state index is 12.3. The van der Waals surface area contributed by atoms with Gasteiger partial charge in [-0.15, -0.1) is 0 Å². The van der Waals surface area contributed by atoms with Crippen LogP contribution >= 0.6 is 15.9 Å². The van der Waals surface area contributed by atoms with Gasteiger partial charge in [0, 0.05) is 30.7 Å². The van der Waals surface area contributed by atoms with Crippen LogP contribution in [0.5, 0.6) is 0 Å². The molecule has 1 aromatic heterocycles. The molecule has 0 aliphatic carbocycles. The van der Waals surface area contributed by atoms with E-state index in [1.165, 1.54) is 0 Å². The highest BCUT2D eigenvalue weighted by atomic mass is 79.9. The summed E-state index contributed by atoms with van der Waals surface area (Å²) in [6, 6.07) is 7.34. The summed E-state index contributed by atoms with van der Waals surface area (Å²) in [5.74, 6) is 0.902. The van der Waals surface area contributed by atoms with Crippen LogP contribution in [0.3, 0.4) is 0 Å². The quantitative estimate of drug-likeness (QED) is 0.276. The lowest BCUT2D eigenvalue weighted by molar-refractivity contribution is -0.117. The molecule has 2 heterocycles. The number of benzene rings is 1. The van der Waals surface area contributed by atoms with Crippen LogP contribution in [0.1, 0.15) is 19.3 Å². The number of aromatic nitrogens is 2. The van der Waals surface area contributed by atoms with E-state index in [1.54, 1.807) is 6.20 Å². The van der Waals surface area contributed by atoms with Gasteiger partial charge in [-0.25, -0.2) is 14.8 Å². The minimum atomic E-state index is -3.69. The van der Waals surface area contributed by atoms with Crippen LogP contribution in [0.2, 0.25) is 0 Å². The van der Waals surface area contributed by atoms with Crippen LogP contribution < -0.4 is 25.8 Å². The summed E-state index contributed by atoms with van der Waals surface area (Å²) in [4.78, 5) is 23.1. The van der Waals surface area contributed by atoms with Crippen LogP contribution in [-0.4, -0.2) is 61.9 Å². The van der Waals surface area contributed by atoms with E-state index in [0.717, 1.165) is 31.6 Å². The summed E-state index contributed by atoms with van der Waals surface area (Å²) >= 11 is 3.39. The summed E-state index contributed by atoms with van der Waals surface area (Å²) in [7, 11) is -3.69. The molecule has 1 saturated heterocycles. The smallest absolute Gasteiger partial charge is 0.274 e. The van der Waals surface area contributed by atoms with Gasteiger partial charge in [0.05, 0.1) is 11.0 Å². The third-order valence-electron chi connectivity index (χ3n) is 4.66. The Labute approximate surface area is 195 Å². The average Bonchev–Trinajstić information content (AvgIpc) is 3.22. The molecule has 0 spiro atoms. The van der Waals surface area contributed by atoms with E-state index in [9.17, 15) is 13.2 Å². The molecule has 1 fully saturated rings. The number of nitrogens with one attached hydrogen (secondary N) is 4. The van der Waals surface area contributed by atoms with Crippen molar-refractivity contribution in [1.82, 2.24) is 19.6 Å². The minimum absolute atomic E-state index is 0.0349. The normalized spacial score (nSPS) is 14.3. The lowest BCUT2D eigenvalue weighted by atomic mass is 10.2. The first-order valence-electron chi connectivity index (χ1n) is 10.2. The molecule has 3 rings (SSSR count). The number of rotatable bonds is 11. The highest BCUT2D eigenvalue weighted by molar-refractivity contribution is 9.10. The van der Waals surface area contributed by atoms with Crippen LogP contribution in [-0.2, 0) is 15.0 Å². The van der Waals surface area contributed by atoms with E-state index < -0.39 is 10.2 Å². The molecule has 0 radical (unpaired) electrons. The fourth-order valence-electron chi connectivity index (χ4n) is 3.21. The van der Waals surface area contributed by atoms with Crippen molar-refractivity contribution < 1.29 is 13.2 Å². The van der Waals surface area contributed by atoms with Crippen molar-refractivity contribution in [1.29, 1.82) is 0 Å². The van der Waals surface area contributed by atoms with E-state index in [1.807, 2.05) is 24.3 Å². The van der Waals surface area contributed by atoms with Gasteiger partial charge in [-0.3, -0.25) is 9.69 Å². The van der Waals surface area contributed by atoms with Gasteiger partial charge in [-0.05, 0) is 66.5 Å². The van der Waals surface area contributed by atoms with Crippen molar-refractivity contribution in [3.63, 3.8) is 0 Å². The maximum atomic E-state index is 12.3. The van der Waals surface area contributed by atoms with E-state index in [0.29, 0.717) is 41.4 Å². The first-order chi connectivity index (χ1) is 15.3. The van der Waals surface area contributed by atoms with E-state index in [-0.39, 0.29) is 12.5 Å². The zero-order valence-corrected chi connectivity index (χ0v) is 19.9. The van der Waals surface area contributed by atoms with Crippen LogP contribution in [0.4, 0.5) is 23.1 Å². The number of carbonyl (C=O) groups is 1. The lowest BCUT2D eigenvalue weighted by Crippen LogP contribution is -2.32. The number of hydrogen-bond acceptors (Lipinski definition) is 8. The zero-order chi connectivity index (χ0) is 23.0. The molecule has 1 amide bonds. The van der Waals surface area contributed by atoms with Gasteiger partial charge in [0.2, 0.25) is 11.9 Å². The second kappa shape index (κ2) is 11.5. The van der Waals surface area contributed by atoms with E-state index in [4.69, 9.17) is 5.14 Å². The van der Waals surface area contributed by atoms with Gasteiger partial charge < -0.3 is 16.0 Å². The first-order valence-corrected chi connectivity index (χ1v) is 12.6. The second-order valence-electron chi connectivity index (χ2n) is 7.35. The fraction of sp³-hybridized carbons (Fsp3) is 0.421. The molecule has 1 aromatic carbocycles. The topological polar surface area (TPSA) is 154 Å². The molecule has 174 valence electrons. The molecular formula is C19H27BrN8O3S. The van der Waals surface area contributed by atoms with Crippen molar-refractivity contribution in [2.75, 3.05) is 48.7 Å². The number of halogens is 1. The van der Waals surface area contributed by atoms with Gasteiger partial charge >= 0.3 is 0 Å². The standard InChI is InChI=1S/C19H27BrN8O3S/c20-16-12-23-19(27-18(16)22-7-4-8-24-32(21,30)31)26-15-6-3-5-14(11-15)25-17(29)13-28-9-1-2-10-28/h3,5-6,11-12,24H,1-2,4,7-10,13H2,(H,25,29)(H2,21,30,31)(H2,22,23,26,27). The molecule has 1 aliphatic heterocycles. The summed E-state index contributed by atoms with van der Waals surface area (Å²) in [5.41, 5.74) is 1.42. The number of nitrogens with two attached hydrogens (primary N) is 1. The Bertz CT molecular complexity index is 1030. The predicted octanol–water partition coefficient (Wildman–Crippen LogP) is 1.61. The van der Waals surface area contributed by atoms with Gasteiger partial charge in [-0.1, -0.05) is 6.07 Å². The molecule has 32 heavy (non-hydrogen) atoms. The maximum Gasteiger partial charge on any atom is 0.274 e. The Morgan fingerprint density at radius 1 is 1.19 bits per heavy atom. The fourth-order valence-corrected chi connectivity index (χ4v) is 3.97. The zero-order valence-electron chi connectivity index (χ0n) is 17.5. The number of nitrogens with zero attached hydrogens (tertiary/aromatic N) is 3. The average molecular weight is 527 g/mol. The predicted molar refractivity (Wildman–Crippen MR) is 128 cm³/mol. The van der Waals surface area contributed by atoms with Crippen molar-refractivity contribution in [2.24, 2.45) is 5.14 Å². The Kier molecular flexibility index (Phi) is 8.75. The van der Waals surface area contributed by atoms with Crippen LogP contribution in [0, 0.1) is 0 Å². The monoisotopic (exact) mass is 526 g/mol. The van der Waals surface area contributed by atoms with Gasteiger partial charge in [0.15, 0.2) is 0 Å². The van der Waals surface area contributed by atoms with E-state index >= 15 is 0 Å². The van der Waals surface area contributed by atoms with Gasteiger partial charge in [-0.2, -0.15) is 13.4 Å². The van der Waals surface area contributed by atoms with Crippen molar-refractivity contribution >= 4 is 55.2 Å². The number of anilines is 4. The third kappa shape index (κ3) is 8.31. The summed E-state index contributed by atoms with van der Waals surface area (Å²) in [5, 5.41) is 14.1. The largest absolute Gasteiger partial charge is 0.369 e. The number of hydrogen-bond donors (Lipinski definition) is 5. The highest BCUT2D eigenvalue weighted by Gasteiger charge is 2.15. The second-order valence-corrected chi connectivity index (χ2v) is 9.58. The van der Waals surface area contributed by atoms with Gasteiger partial charge in [0.25, 0.3) is 10.2 Å². The molecule has 13 heteroatoms. The SMILES string of the molecule is NS(=O)(=O)NCCCNc1nc(Nc2cccc(NC(=O)CN3CCCC3)c2)ncc1Br. The number of likely N-dealkylation sites (tertiary alicyclic amines) is 1. The molecule has 0 atom stereocenters. The molecule has 2 aromatic rings. The summed E-state index contributed by atoms with van der Waals surface area (Å²) < 4.78 is 24.7. The molecule has 0 bridgehead atoms. The first kappa shape index (κ1) is 24.3. The Hall–Kier alpha value is -2.32. The van der Waals surface area contributed by atoms with Crippen LogP contribution in [0.15, 0.2) is 34.9 Å². The molecule has 0 unspecified atom stereocenters. The van der Waals surface area contributed by atoms with Crippen molar-refractivity contribution in [3.8, 4) is 0 Å². The molecule has 1 aliphatic rings.